The van der Waals surface area contributed by atoms with Gasteiger partial charge in [0.05, 0.1) is 7.11 Å². The van der Waals surface area contributed by atoms with E-state index < -0.39 is 0 Å². The van der Waals surface area contributed by atoms with Gasteiger partial charge in [-0.2, -0.15) is 0 Å². The lowest BCUT2D eigenvalue weighted by molar-refractivity contribution is 0.408. The topological polar surface area (TPSA) is 18.5 Å². The van der Waals surface area contributed by atoms with E-state index in [1.807, 2.05) is 56.3 Å². The van der Waals surface area contributed by atoms with Crippen molar-refractivity contribution >= 4 is 0 Å². The molecule has 0 aliphatic carbocycles. The zero-order chi connectivity index (χ0) is 12.3. The molecule has 0 fully saturated rings. The lowest BCUT2D eigenvalue weighted by Crippen LogP contribution is -1.91. The fraction of sp³-hybridized carbons (Fsp3) is 0.200. The Hall–Kier alpha value is -1.96. The number of rotatable bonds is 3. The Labute approximate surface area is 102 Å². The van der Waals surface area contributed by atoms with E-state index in [-0.39, 0.29) is 0 Å². The van der Waals surface area contributed by atoms with Crippen LogP contribution in [0, 0.1) is 13.8 Å². The van der Waals surface area contributed by atoms with E-state index in [2.05, 4.69) is 0 Å². The monoisotopic (exact) mass is 228 g/mol. The van der Waals surface area contributed by atoms with Gasteiger partial charge in [-0.05, 0) is 37.1 Å². The van der Waals surface area contributed by atoms with Crippen LogP contribution in [0.1, 0.15) is 11.1 Å². The number of ether oxygens (including phenoxy) is 2. The summed E-state index contributed by atoms with van der Waals surface area (Å²) in [7, 11) is 1.65. The van der Waals surface area contributed by atoms with E-state index in [9.17, 15) is 0 Å². The molecular weight excluding hydrogens is 212 g/mol. The zero-order valence-corrected chi connectivity index (χ0v) is 10.4. The Morgan fingerprint density at radius 2 is 1.41 bits per heavy atom. The highest BCUT2D eigenvalue weighted by molar-refractivity contribution is 5.44. The molecule has 0 aromatic heterocycles. The fourth-order valence-electron chi connectivity index (χ4n) is 1.74. The summed E-state index contributed by atoms with van der Waals surface area (Å²) in [4.78, 5) is 0. The summed E-state index contributed by atoms with van der Waals surface area (Å²) in [6.45, 7) is 4.09. The summed E-state index contributed by atoms with van der Waals surface area (Å²) in [5, 5.41) is 0. The normalized spacial score (nSPS) is 10.1. The molecule has 0 unspecified atom stereocenters. The van der Waals surface area contributed by atoms with E-state index in [1.54, 1.807) is 7.11 Å². The molecule has 0 aliphatic rings. The standard InChI is InChI=1S/C15H16O2/c1-11-6-4-7-12(2)15(11)17-14-9-5-8-13(10-14)16-3/h4-10H,1-3H3. The summed E-state index contributed by atoms with van der Waals surface area (Å²) in [5.41, 5.74) is 2.26. The van der Waals surface area contributed by atoms with Crippen LogP contribution in [-0.4, -0.2) is 7.11 Å². The van der Waals surface area contributed by atoms with Gasteiger partial charge < -0.3 is 9.47 Å². The summed E-state index contributed by atoms with van der Waals surface area (Å²) in [5.74, 6) is 2.51. The Morgan fingerprint density at radius 3 is 2.06 bits per heavy atom. The molecule has 0 aliphatic heterocycles. The van der Waals surface area contributed by atoms with Crippen molar-refractivity contribution in [2.45, 2.75) is 13.8 Å². The largest absolute Gasteiger partial charge is 0.497 e. The first-order valence-corrected chi connectivity index (χ1v) is 5.59. The minimum Gasteiger partial charge on any atom is -0.497 e. The van der Waals surface area contributed by atoms with Crippen LogP contribution >= 0.6 is 0 Å². The number of methoxy groups -OCH3 is 1. The van der Waals surface area contributed by atoms with Gasteiger partial charge in [-0.3, -0.25) is 0 Å². The third-order valence-electron chi connectivity index (χ3n) is 2.67. The van der Waals surface area contributed by atoms with E-state index in [0.29, 0.717) is 0 Å². The van der Waals surface area contributed by atoms with Crippen LogP contribution in [0.3, 0.4) is 0 Å². The Bertz CT molecular complexity index is 498. The van der Waals surface area contributed by atoms with Crippen LogP contribution in [0.2, 0.25) is 0 Å². The first-order valence-electron chi connectivity index (χ1n) is 5.59. The molecule has 2 aromatic rings. The minimum atomic E-state index is 0.793. The summed E-state index contributed by atoms with van der Waals surface area (Å²) in [6, 6.07) is 13.7. The van der Waals surface area contributed by atoms with Gasteiger partial charge in [-0.25, -0.2) is 0 Å². The first kappa shape index (κ1) is 11.5. The summed E-state index contributed by atoms with van der Waals surface area (Å²) >= 11 is 0. The van der Waals surface area contributed by atoms with Crippen molar-refractivity contribution in [3.8, 4) is 17.2 Å². The van der Waals surface area contributed by atoms with Crippen molar-refractivity contribution in [3.05, 3.63) is 53.6 Å². The second kappa shape index (κ2) is 4.91. The van der Waals surface area contributed by atoms with Crippen LogP contribution in [0.5, 0.6) is 17.2 Å². The zero-order valence-electron chi connectivity index (χ0n) is 10.4. The highest BCUT2D eigenvalue weighted by Crippen LogP contribution is 2.30. The Kier molecular flexibility index (Phi) is 3.33. The van der Waals surface area contributed by atoms with Gasteiger partial charge in [0.1, 0.15) is 17.2 Å². The van der Waals surface area contributed by atoms with Crippen LogP contribution < -0.4 is 9.47 Å². The van der Waals surface area contributed by atoms with Crippen LogP contribution in [-0.2, 0) is 0 Å². The fourth-order valence-corrected chi connectivity index (χ4v) is 1.74. The second-order valence-corrected chi connectivity index (χ2v) is 4.00. The highest BCUT2D eigenvalue weighted by atomic mass is 16.5. The maximum absolute atomic E-state index is 5.90. The van der Waals surface area contributed by atoms with Crippen molar-refractivity contribution < 1.29 is 9.47 Å². The number of para-hydroxylation sites is 1. The van der Waals surface area contributed by atoms with Gasteiger partial charge in [0.25, 0.3) is 0 Å². The van der Waals surface area contributed by atoms with Crippen molar-refractivity contribution in [3.63, 3.8) is 0 Å². The lowest BCUT2D eigenvalue weighted by atomic mass is 10.1. The van der Waals surface area contributed by atoms with E-state index >= 15 is 0 Å². The lowest BCUT2D eigenvalue weighted by Gasteiger charge is -2.12. The number of hydrogen-bond acceptors (Lipinski definition) is 2. The minimum absolute atomic E-state index is 0.793. The van der Waals surface area contributed by atoms with Gasteiger partial charge in [-0.15, -0.1) is 0 Å². The van der Waals surface area contributed by atoms with Gasteiger partial charge in [0, 0.05) is 6.07 Å². The molecule has 2 nitrogen and oxygen atoms in total. The van der Waals surface area contributed by atoms with E-state index in [0.717, 1.165) is 28.4 Å². The average Bonchev–Trinajstić information content (AvgIpc) is 2.34. The van der Waals surface area contributed by atoms with Gasteiger partial charge >= 0.3 is 0 Å². The molecule has 0 heterocycles. The molecule has 0 bridgehead atoms. The third-order valence-corrected chi connectivity index (χ3v) is 2.67. The average molecular weight is 228 g/mol. The molecule has 0 atom stereocenters. The van der Waals surface area contributed by atoms with Gasteiger partial charge in [0.15, 0.2) is 0 Å². The quantitative estimate of drug-likeness (QED) is 0.787. The molecular formula is C15H16O2. The number of hydrogen-bond donors (Lipinski definition) is 0. The van der Waals surface area contributed by atoms with Crippen molar-refractivity contribution in [2.24, 2.45) is 0 Å². The molecule has 0 spiro atoms. The van der Waals surface area contributed by atoms with Gasteiger partial charge in [0.2, 0.25) is 0 Å². The Balaban J connectivity index is 2.31. The van der Waals surface area contributed by atoms with Crippen molar-refractivity contribution in [1.82, 2.24) is 0 Å². The van der Waals surface area contributed by atoms with Gasteiger partial charge in [-0.1, -0.05) is 24.3 Å². The molecule has 88 valence electrons. The van der Waals surface area contributed by atoms with E-state index in [1.165, 1.54) is 0 Å². The van der Waals surface area contributed by atoms with Crippen molar-refractivity contribution in [2.75, 3.05) is 7.11 Å². The predicted octanol–water partition coefficient (Wildman–Crippen LogP) is 4.10. The number of aryl methyl sites for hydroxylation is 2. The maximum atomic E-state index is 5.90. The maximum Gasteiger partial charge on any atom is 0.133 e. The molecule has 2 aromatic carbocycles. The SMILES string of the molecule is COc1cccc(Oc2c(C)cccc2C)c1. The summed E-state index contributed by atoms with van der Waals surface area (Å²) < 4.78 is 11.1. The number of benzene rings is 2. The third kappa shape index (κ3) is 2.59. The smallest absolute Gasteiger partial charge is 0.133 e. The Morgan fingerprint density at radius 1 is 0.824 bits per heavy atom. The molecule has 0 amide bonds. The molecule has 17 heavy (non-hydrogen) atoms. The first-order chi connectivity index (χ1) is 8.20. The highest BCUT2D eigenvalue weighted by Gasteiger charge is 2.05. The molecule has 2 heteroatoms. The molecule has 0 N–H and O–H groups in total. The molecule has 2 rings (SSSR count). The second-order valence-electron chi connectivity index (χ2n) is 4.00. The molecule has 0 saturated heterocycles. The molecule has 0 saturated carbocycles. The van der Waals surface area contributed by atoms with Crippen LogP contribution in [0.4, 0.5) is 0 Å². The van der Waals surface area contributed by atoms with Crippen LogP contribution in [0.15, 0.2) is 42.5 Å². The predicted molar refractivity (Wildman–Crippen MR) is 69.0 cm³/mol. The molecule has 0 radical (unpaired) electrons. The summed E-state index contributed by atoms with van der Waals surface area (Å²) in [6.07, 6.45) is 0. The van der Waals surface area contributed by atoms with Crippen LogP contribution in [0.25, 0.3) is 0 Å². The van der Waals surface area contributed by atoms with Crippen molar-refractivity contribution in [1.29, 1.82) is 0 Å². The van der Waals surface area contributed by atoms with E-state index in [4.69, 9.17) is 9.47 Å².